The molecule has 2 aromatic heterocycles. The fourth-order valence-corrected chi connectivity index (χ4v) is 4.11. The van der Waals surface area contributed by atoms with Crippen LogP contribution in [-0.2, 0) is 23.5 Å². The second kappa shape index (κ2) is 8.71. The summed E-state index contributed by atoms with van der Waals surface area (Å²) in [6.07, 6.45) is 6.28. The Morgan fingerprint density at radius 2 is 2.15 bits per heavy atom. The van der Waals surface area contributed by atoms with Crippen LogP contribution in [0.15, 0.2) is 46.2 Å². The third kappa shape index (κ3) is 4.42. The van der Waals surface area contributed by atoms with E-state index in [1.807, 2.05) is 12.3 Å². The van der Waals surface area contributed by atoms with Crippen LogP contribution >= 0.6 is 11.8 Å². The van der Waals surface area contributed by atoms with Crippen LogP contribution in [0.2, 0.25) is 0 Å². The Morgan fingerprint density at radius 3 is 2.93 bits per heavy atom. The Hall–Kier alpha value is -2.12. The van der Waals surface area contributed by atoms with E-state index in [9.17, 15) is 0 Å². The molecule has 0 amide bonds. The van der Waals surface area contributed by atoms with E-state index in [2.05, 4.69) is 50.9 Å². The smallest absolute Gasteiger partial charge is 0.237 e. The predicted molar refractivity (Wildman–Crippen MR) is 104 cm³/mol. The summed E-state index contributed by atoms with van der Waals surface area (Å²) in [7, 11) is 0. The summed E-state index contributed by atoms with van der Waals surface area (Å²) >= 11 is 1.63. The van der Waals surface area contributed by atoms with Crippen molar-refractivity contribution in [3.63, 3.8) is 0 Å². The van der Waals surface area contributed by atoms with Crippen LogP contribution in [0.5, 0.6) is 0 Å². The van der Waals surface area contributed by atoms with Crippen LogP contribution in [-0.4, -0.2) is 32.4 Å². The largest absolute Gasteiger partial charge is 0.376 e. The maximum Gasteiger partial charge on any atom is 0.237 e. The zero-order chi connectivity index (χ0) is 18.5. The summed E-state index contributed by atoms with van der Waals surface area (Å²) in [5, 5.41) is 4.99. The van der Waals surface area contributed by atoms with Crippen molar-refractivity contribution >= 4 is 11.8 Å². The molecule has 1 saturated heterocycles. The van der Waals surface area contributed by atoms with Crippen molar-refractivity contribution in [1.82, 2.24) is 19.7 Å². The molecule has 1 fully saturated rings. The Bertz CT molecular complexity index is 856. The molecule has 1 atom stereocenters. The molecule has 1 aromatic carbocycles. The van der Waals surface area contributed by atoms with Gasteiger partial charge in [-0.2, -0.15) is 4.98 Å². The Morgan fingerprint density at radius 1 is 1.26 bits per heavy atom. The van der Waals surface area contributed by atoms with Gasteiger partial charge in [0.25, 0.3) is 0 Å². The van der Waals surface area contributed by atoms with E-state index in [0.717, 1.165) is 61.1 Å². The predicted octanol–water partition coefficient (Wildman–Crippen LogP) is 4.36. The quantitative estimate of drug-likeness (QED) is 0.538. The first-order valence-corrected chi connectivity index (χ1v) is 10.5. The first-order chi connectivity index (χ1) is 13.3. The molecule has 1 aliphatic rings. The number of ether oxygens (including phenoxy) is 1. The van der Waals surface area contributed by atoms with Crippen LogP contribution in [0.25, 0.3) is 11.3 Å². The topological polar surface area (TPSA) is 66.0 Å². The van der Waals surface area contributed by atoms with E-state index < -0.39 is 0 Å². The number of aromatic nitrogens is 4. The van der Waals surface area contributed by atoms with Gasteiger partial charge < -0.3 is 13.8 Å². The van der Waals surface area contributed by atoms with Crippen molar-refractivity contribution in [3.8, 4) is 11.3 Å². The lowest BCUT2D eigenvalue weighted by molar-refractivity contribution is 0.0954. The maximum absolute atomic E-state index is 5.87. The number of hydrogen-bond acceptors (Lipinski definition) is 6. The van der Waals surface area contributed by atoms with Crippen LogP contribution in [0.4, 0.5) is 0 Å². The lowest BCUT2D eigenvalue weighted by Gasteiger charge is -2.15. The Balaban J connectivity index is 1.54. The molecule has 6 nitrogen and oxygen atoms in total. The molecule has 142 valence electrons. The average Bonchev–Trinajstić information content (AvgIpc) is 3.43. The molecule has 0 aliphatic carbocycles. The average molecular weight is 385 g/mol. The maximum atomic E-state index is 5.87. The molecular formula is C20H24N4O2S. The van der Waals surface area contributed by atoms with Crippen LogP contribution < -0.4 is 0 Å². The van der Waals surface area contributed by atoms with Crippen molar-refractivity contribution in [2.75, 3.05) is 6.61 Å². The second-order valence-electron chi connectivity index (χ2n) is 6.68. The molecular weight excluding hydrogens is 360 g/mol. The summed E-state index contributed by atoms with van der Waals surface area (Å²) in [4.78, 5) is 9.13. The highest BCUT2D eigenvalue weighted by molar-refractivity contribution is 7.98. The number of aryl methyl sites for hydroxylation is 1. The highest BCUT2D eigenvalue weighted by atomic mass is 32.2. The van der Waals surface area contributed by atoms with Crippen molar-refractivity contribution in [2.24, 2.45) is 0 Å². The minimum absolute atomic E-state index is 0.251. The van der Waals surface area contributed by atoms with Crippen molar-refractivity contribution in [1.29, 1.82) is 0 Å². The van der Waals surface area contributed by atoms with Crippen molar-refractivity contribution in [3.05, 3.63) is 48.2 Å². The van der Waals surface area contributed by atoms with Gasteiger partial charge in [-0.15, -0.1) is 0 Å². The lowest BCUT2D eigenvalue weighted by Crippen LogP contribution is -2.16. The zero-order valence-electron chi connectivity index (χ0n) is 15.5. The standard InChI is InChI=1S/C20H24N4O2S/c1-2-7-18-22-19(26-23-18)14-27-20-21-12-17(15-8-4-3-5-9-15)24(20)13-16-10-6-11-25-16/h3-5,8-9,12,16H,2,6-7,10-11,13-14H2,1H3. The summed E-state index contributed by atoms with van der Waals surface area (Å²) in [5.74, 6) is 2.05. The molecule has 7 heteroatoms. The summed E-state index contributed by atoms with van der Waals surface area (Å²) in [6, 6.07) is 10.4. The van der Waals surface area contributed by atoms with Gasteiger partial charge in [0.15, 0.2) is 11.0 Å². The second-order valence-corrected chi connectivity index (χ2v) is 7.62. The fraction of sp³-hybridized carbons (Fsp3) is 0.450. The fourth-order valence-electron chi connectivity index (χ4n) is 3.28. The molecule has 0 radical (unpaired) electrons. The van der Waals surface area contributed by atoms with Crippen molar-refractivity contribution in [2.45, 2.75) is 56.2 Å². The van der Waals surface area contributed by atoms with Crippen LogP contribution in [0.1, 0.15) is 37.9 Å². The molecule has 3 heterocycles. The summed E-state index contributed by atoms with van der Waals surface area (Å²) in [6.45, 7) is 3.78. The third-order valence-electron chi connectivity index (χ3n) is 4.61. The highest BCUT2D eigenvalue weighted by Crippen LogP contribution is 2.29. The minimum Gasteiger partial charge on any atom is -0.376 e. The van der Waals surface area contributed by atoms with Crippen LogP contribution in [0, 0.1) is 0 Å². The third-order valence-corrected chi connectivity index (χ3v) is 5.58. The summed E-state index contributed by atoms with van der Waals surface area (Å²) < 4.78 is 13.5. The van der Waals surface area contributed by atoms with Gasteiger partial charge in [0.1, 0.15) is 0 Å². The summed E-state index contributed by atoms with van der Waals surface area (Å²) in [5.41, 5.74) is 2.28. The van der Waals surface area contributed by atoms with Gasteiger partial charge in [0, 0.05) is 13.0 Å². The van der Waals surface area contributed by atoms with E-state index in [1.165, 1.54) is 0 Å². The molecule has 4 rings (SSSR count). The van der Waals surface area contributed by atoms with Crippen molar-refractivity contribution < 1.29 is 9.26 Å². The highest BCUT2D eigenvalue weighted by Gasteiger charge is 2.21. The van der Waals surface area contributed by atoms with Gasteiger partial charge in [-0.3, -0.25) is 0 Å². The number of nitrogens with zero attached hydrogens (tertiary/aromatic N) is 4. The lowest BCUT2D eigenvalue weighted by atomic mass is 10.1. The van der Waals surface area contributed by atoms with E-state index >= 15 is 0 Å². The molecule has 0 saturated carbocycles. The van der Waals surface area contributed by atoms with Crippen LogP contribution in [0.3, 0.4) is 0 Å². The molecule has 0 spiro atoms. The number of thioether (sulfide) groups is 1. The zero-order valence-corrected chi connectivity index (χ0v) is 16.3. The van der Waals surface area contributed by atoms with Gasteiger partial charge in [-0.05, 0) is 24.8 Å². The first kappa shape index (κ1) is 18.3. The van der Waals surface area contributed by atoms with Gasteiger partial charge in [-0.25, -0.2) is 4.98 Å². The van der Waals surface area contributed by atoms with Gasteiger partial charge in [0.05, 0.1) is 30.3 Å². The number of imidazole rings is 1. The monoisotopic (exact) mass is 384 g/mol. The number of hydrogen-bond donors (Lipinski definition) is 0. The van der Waals surface area contributed by atoms with E-state index in [0.29, 0.717) is 11.6 Å². The van der Waals surface area contributed by atoms with E-state index in [-0.39, 0.29) is 6.10 Å². The Kier molecular flexibility index (Phi) is 5.89. The number of benzene rings is 1. The van der Waals surface area contributed by atoms with Gasteiger partial charge in [0.2, 0.25) is 5.89 Å². The SMILES string of the molecule is CCCc1noc(CSc2ncc(-c3ccccc3)n2CC2CCCO2)n1. The molecule has 27 heavy (non-hydrogen) atoms. The van der Waals surface area contributed by atoms with E-state index in [4.69, 9.17) is 9.26 Å². The molecule has 1 aliphatic heterocycles. The normalized spacial score (nSPS) is 16.9. The molecule has 3 aromatic rings. The molecule has 0 N–H and O–H groups in total. The molecule has 0 bridgehead atoms. The van der Waals surface area contributed by atoms with Gasteiger partial charge >= 0.3 is 0 Å². The first-order valence-electron chi connectivity index (χ1n) is 9.50. The van der Waals surface area contributed by atoms with Gasteiger partial charge in [-0.1, -0.05) is 54.2 Å². The van der Waals surface area contributed by atoms with E-state index in [1.54, 1.807) is 11.8 Å². The number of rotatable bonds is 8. The molecule has 1 unspecified atom stereocenters. The minimum atomic E-state index is 0.251. The Labute approximate surface area is 163 Å².